The van der Waals surface area contributed by atoms with Gasteiger partial charge in [0.1, 0.15) is 5.82 Å². The van der Waals surface area contributed by atoms with Crippen molar-refractivity contribution in [3.63, 3.8) is 0 Å². The van der Waals surface area contributed by atoms with Crippen LogP contribution in [0, 0.1) is 0 Å². The summed E-state index contributed by atoms with van der Waals surface area (Å²) >= 11 is 0. The van der Waals surface area contributed by atoms with Crippen LogP contribution in [0.25, 0.3) is 0 Å². The fourth-order valence-corrected chi connectivity index (χ4v) is 2.69. The zero-order valence-electron chi connectivity index (χ0n) is 12.9. The van der Waals surface area contributed by atoms with Gasteiger partial charge in [0.15, 0.2) is 0 Å². The summed E-state index contributed by atoms with van der Waals surface area (Å²) in [5, 5.41) is 0. The maximum absolute atomic E-state index is 12.2. The van der Waals surface area contributed by atoms with Crippen molar-refractivity contribution in [2.45, 2.75) is 45.7 Å². The second kappa shape index (κ2) is 5.15. The van der Waals surface area contributed by atoms with Gasteiger partial charge in [-0.3, -0.25) is 9.69 Å². The third kappa shape index (κ3) is 2.93. The van der Waals surface area contributed by atoms with Crippen LogP contribution in [-0.2, 0) is 24.9 Å². The van der Waals surface area contributed by atoms with Gasteiger partial charge in [-0.25, -0.2) is 4.98 Å². The summed E-state index contributed by atoms with van der Waals surface area (Å²) in [6.07, 6.45) is 2.71. The molecule has 1 aliphatic heterocycles. The quantitative estimate of drug-likeness (QED) is 0.887. The number of nitrogens with one attached hydrogen (secondary N) is 2. The van der Waals surface area contributed by atoms with Gasteiger partial charge >= 0.3 is 0 Å². The van der Waals surface area contributed by atoms with E-state index in [1.807, 2.05) is 12.3 Å². The maximum atomic E-state index is 12.2. The molecule has 0 spiro atoms. The summed E-state index contributed by atoms with van der Waals surface area (Å²) < 4.78 is 0. The standard InChI is InChI=1S/C16H22N4O/c1-16(2,3)15-18-13-10-20(9-11-5-4-7-17-11)8-6-12(13)14(21)19-15/h4-5,7,17H,6,8-10H2,1-3H3,(H,18,19,21). The molecule has 0 aliphatic carbocycles. The highest BCUT2D eigenvalue weighted by atomic mass is 16.1. The van der Waals surface area contributed by atoms with Crippen molar-refractivity contribution in [3.8, 4) is 0 Å². The molecule has 21 heavy (non-hydrogen) atoms. The van der Waals surface area contributed by atoms with Gasteiger partial charge in [-0.1, -0.05) is 20.8 Å². The van der Waals surface area contributed by atoms with Crippen molar-refractivity contribution in [3.05, 3.63) is 51.5 Å². The molecular formula is C16H22N4O. The summed E-state index contributed by atoms with van der Waals surface area (Å²) in [4.78, 5) is 25.4. The first-order chi connectivity index (χ1) is 9.93. The molecule has 0 fully saturated rings. The van der Waals surface area contributed by atoms with E-state index < -0.39 is 0 Å². The van der Waals surface area contributed by atoms with Crippen molar-refractivity contribution < 1.29 is 0 Å². The largest absolute Gasteiger partial charge is 0.364 e. The average Bonchev–Trinajstić information content (AvgIpc) is 2.90. The molecule has 0 bridgehead atoms. The van der Waals surface area contributed by atoms with Crippen molar-refractivity contribution >= 4 is 0 Å². The first kappa shape index (κ1) is 14.1. The summed E-state index contributed by atoms with van der Waals surface area (Å²) in [5.74, 6) is 0.771. The Labute approximate surface area is 124 Å². The van der Waals surface area contributed by atoms with Crippen LogP contribution < -0.4 is 5.56 Å². The third-order valence-electron chi connectivity index (χ3n) is 3.92. The molecule has 112 valence electrons. The number of aromatic amines is 2. The maximum Gasteiger partial charge on any atom is 0.254 e. The predicted molar refractivity (Wildman–Crippen MR) is 82.2 cm³/mol. The number of nitrogens with zero attached hydrogens (tertiary/aromatic N) is 2. The molecule has 0 aromatic carbocycles. The molecule has 1 aliphatic rings. The van der Waals surface area contributed by atoms with Gasteiger partial charge in [-0.05, 0) is 18.6 Å². The minimum absolute atomic E-state index is 0.0319. The number of rotatable bonds is 2. The van der Waals surface area contributed by atoms with Crippen molar-refractivity contribution in [1.82, 2.24) is 19.9 Å². The number of H-pyrrole nitrogens is 2. The van der Waals surface area contributed by atoms with E-state index >= 15 is 0 Å². The molecule has 2 N–H and O–H groups in total. The molecule has 0 radical (unpaired) electrons. The minimum Gasteiger partial charge on any atom is -0.364 e. The highest BCUT2D eigenvalue weighted by Gasteiger charge is 2.24. The second-order valence-corrected chi connectivity index (χ2v) is 6.75. The Morgan fingerprint density at radius 3 is 2.86 bits per heavy atom. The van der Waals surface area contributed by atoms with Gasteiger partial charge in [0, 0.05) is 42.5 Å². The lowest BCUT2D eigenvalue weighted by atomic mass is 9.95. The summed E-state index contributed by atoms with van der Waals surface area (Å²) in [7, 11) is 0. The van der Waals surface area contributed by atoms with Crippen LogP contribution in [0.15, 0.2) is 23.1 Å². The van der Waals surface area contributed by atoms with Crippen LogP contribution in [0.5, 0.6) is 0 Å². The van der Waals surface area contributed by atoms with Crippen LogP contribution in [0.3, 0.4) is 0 Å². The van der Waals surface area contributed by atoms with E-state index in [0.717, 1.165) is 43.1 Å². The summed E-state index contributed by atoms with van der Waals surface area (Å²) in [6.45, 7) is 8.70. The Morgan fingerprint density at radius 2 is 2.19 bits per heavy atom. The Kier molecular flexibility index (Phi) is 3.45. The first-order valence-electron chi connectivity index (χ1n) is 7.40. The Balaban J connectivity index is 1.87. The van der Waals surface area contributed by atoms with Crippen LogP contribution in [0.2, 0.25) is 0 Å². The monoisotopic (exact) mass is 286 g/mol. The van der Waals surface area contributed by atoms with E-state index in [-0.39, 0.29) is 11.0 Å². The van der Waals surface area contributed by atoms with Gasteiger partial charge in [0.25, 0.3) is 5.56 Å². The number of hydrogen-bond donors (Lipinski definition) is 2. The molecule has 3 rings (SSSR count). The third-order valence-corrected chi connectivity index (χ3v) is 3.92. The summed E-state index contributed by atoms with van der Waals surface area (Å²) in [6, 6.07) is 4.09. The Bertz CT molecular complexity index is 679. The lowest BCUT2D eigenvalue weighted by Gasteiger charge is -2.28. The number of fused-ring (bicyclic) bond motifs is 1. The van der Waals surface area contributed by atoms with Crippen LogP contribution in [-0.4, -0.2) is 26.4 Å². The Morgan fingerprint density at radius 1 is 1.38 bits per heavy atom. The normalized spacial score (nSPS) is 16.0. The first-order valence-corrected chi connectivity index (χ1v) is 7.40. The molecule has 0 unspecified atom stereocenters. The van der Waals surface area contributed by atoms with E-state index in [1.54, 1.807) is 0 Å². The molecule has 2 aromatic rings. The molecule has 0 saturated carbocycles. The van der Waals surface area contributed by atoms with Gasteiger partial charge in [0.2, 0.25) is 0 Å². The minimum atomic E-state index is -0.143. The van der Waals surface area contributed by atoms with E-state index in [1.165, 1.54) is 5.69 Å². The van der Waals surface area contributed by atoms with Crippen molar-refractivity contribution in [1.29, 1.82) is 0 Å². The van der Waals surface area contributed by atoms with Crippen molar-refractivity contribution in [2.24, 2.45) is 0 Å². The molecule has 0 saturated heterocycles. The SMILES string of the molecule is CC(C)(C)c1nc2c(c(=O)[nH]1)CCN(Cc1ccc[nH]1)C2. The highest BCUT2D eigenvalue weighted by molar-refractivity contribution is 5.23. The Hall–Kier alpha value is -1.88. The molecule has 5 heteroatoms. The number of hydrogen-bond acceptors (Lipinski definition) is 3. The van der Waals surface area contributed by atoms with Gasteiger partial charge < -0.3 is 9.97 Å². The molecule has 0 atom stereocenters. The van der Waals surface area contributed by atoms with Crippen LogP contribution in [0.4, 0.5) is 0 Å². The number of aromatic nitrogens is 3. The lowest BCUT2D eigenvalue weighted by molar-refractivity contribution is 0.237. The molecule has 5 nitrogen and oxygen atoms in total. The smallest absolute Gasteiger partial charge is 0.254 e. The molecular weight excluding hydrogens is 264 g/mol. The molecule has 2 aromatic heterocycles. The van der Waals surface area contributed by atoms with E-state index in [4.69, 9.17) is 4.98 Å². The second-order valence-electron chi connectivity index (χ2n) is 6.75. The van der Waals surface area contributed by atoms with Gasteiger partial charge in [0.05, 0.1) is 5.69 Å². The van der Waals surface area contributed by atoms with Crippen LogP contribution >= 0.6 is 0 Å². The van der Waals surface area contributed by atoms with Gasteiger partial charge in [-0.2, -0.15) is 0 Å². The predicted octanol–water partition coefficient (Wildman–Crippen LogP) is 1.95. The van der Waals surface area contributed by atoms with Crippen LogP contribution in [0.1, 0.15) is 43.5 Å². The van der Waals surface area contributed by atoms with Crippen molar-refractivity contribution in [2.75, 3.05) is 6.54 Å². The van der Waals surface area contributed by atoms with E-state index in [9.17, 15) is 4.79 Å². The van der Waals surface area contributed by atoms with E-state index in [2.05, 4.69) is 41.7 Å². The fourth-order valence-electron chi connectivity index (χ4n) is 2.69. The zero-order chi connectivity index (χ0) is 15.0. The fraction of sp³-hybridized carbons (Fsp3) is 0.500. The lowest BCUT2D eigenvalue weighted by Crippen LogP contribution is -2.36. The highest BCUT2D eigenvalue weighted by Crippen LogP contribution is 2.21. The van der Waals surface area contributed by atoms with E-state index in [0.29, 0.717) is 0 Å². The average molecular weight is 286 g/mol. The topological polar surface area (TPSA) is 64.8 Å². The zero-order valence-corrected chi connectivity index (χ0v) is 12.9. The van der Waals surface area contributed by atoms with Gasteiger partial charge in [-0.15, -0.1) is 0 Å². The summed E-state index contributed by atoms with van der Waals surface area (Å²) in [5.41, 5.74) is 2.87. The molecule has 0 amide bonds. The molecule has 3 heterocycles.